The Morgan fingerprint density at radius 2 is 1.82 bits per heavy atom. The minimum absolute atomic E-state index is 0.153. The maximum absolute atomic E-state index is 13.1. The predicted octanol–water partition coefficient (Wildman–Crippen LogP) is 4.85. The first-order chi connectivity index (χ1) is 13.6. The summed E-state index contributed by atoms with van der Waals surface area (Å²) in [6, 6.07) is 19.6. The smallest absolute Gasteiger partial charge is 0.256 e. The van der Waals surface area contributed by atoms with Gasteiger partial charge in [-0.05, 0) is 56.2 Å². The molecule has 0 saturated carbocycles. The molecule has 0 atom stereocenters. The molecule has 0 aliphatic carbocycles. The molecular weight excluding hydrogens is 348 g/mol. The summed E-state index contributed by atoms with van der Waals surface area (Å²) in [6.07, 6.45) is 0.922. The van der Waals surface area contributed by atoms with Gasteiger partial charge in [0.1, 0.15) is 0 Å². The molecule has 2 aromatic carbocycles. The van der Waals surface area contributed by atoms with E-state index in [1.807, 2.05) is 68.4 Å². The molecule has 0 radical (unpaired) electrons. The predicted molar refractivity (Wildman–Crippen MR) is 112 cm³/mol. The van der Waals surface area contributed by atoms with Gasteiger partial charge in [-0.1, -0.05) is 37.3 Å². The van der Waals surface area contributed by atoms with Crippen molar-refractivity contribution in [3.63, 3.8) is 0 Å². The monoisotopic (exact) mass is 370 g/mol. The molecule has 28 heavy (non-hydrogen) atoms. The van der Waals surface area contributed by atoms with E-state index in [2.05, 4.69) is 28.4 Å². The van der Waals surface area contributed by atoms with Gasteiger partial charge < -0.3 is 5.32 Å². The number of aromatic nitrogens is 3. The third-order valence-corrected chi connectivity index (χ3v) is 4.78. The van der Waals surface area contributed by atoms with Crippen LogP contribution in [0.1, 0.15) is 34.2 Å². The number of aryl methyl sites for hydroxylation is 3. The van der Waals surface area contributed by atoms with E-state index in [0.29, 0.717) is 11.2 Å². The van der Waals surface area contributed by atoms with Crippen molar-refractivity contribution in [3.8, 4) is 5.69 Å². The van der Waals surface area contributed by atoms with Crippen molar-refractivity contribution in [2.24, 2.45) is 0 Å². The van der Waals surface area contributed by atoms with Crippen molar-refractivity contribution in [1.82, 2.24) is 14.8 Å². The molecule has 1 amide bonds. The number of nitrogens with one attached hydrogen (secondary N) is 1. The molecule has 5 nitrogen and oxygen atoms in total. The highest BCUT2D eigenvalue weighted by atomic mass is 16.1. The van der Waals surface area contributed by atoms with E-state index in [9.17, 15) is 4.79 Å². The van der Waals surface area contributed by atoms with Gasteiger partial charge in [0.25, 0.3) is 5.91 Å². The fourth-order valence-electron chi connectivity index (χ4n) is 3.41. The lowest BCUT2D eigenvalue weighted by molar-refractivity contribution is 0.102. The van der Waals surface area contributed by atoms with E-state index in [1.54, 1.807) is 4.68 Å². The Bertz CT molecular complexity index is 1160. The van der Waals surface area contributed by atoms with Crippen LogP contribution < -0.4 is 5.32 Å². The van der Waals surface area contributed by atoms with Crippen LogP contribution in [0.15, 0.2) is 60.7 Å². The molecule has 0 saturated heterocycles. The zero-order valence-corrected chi connectivity index (χ0v) is 16.2. The van der Waals surface area contributed by atoms with Gasteiger partial charge in [-0.2, -0.15) is 5.10 Å². The molecule has 1 N–H and O–H groups in total. The van der Waals surface area contributed by atoms with Gasteiger partial charge >= 0.3 is 0 Å². The largest absolute Gasteiger partial charge is 0.322 e. The van der Waals surface area contributed by atoms with E-state index in [-0.39, 0.29) is 5.91 Å². The lowest BCUT2D eigenvalue weighted by atomic mass is 10.1. The zero-order valence-electron chi connectivity index (χ0n) is 16.2. The normalized spacial score (nSPS) is 11.0. The maximum Gasteiger partial charge on any atom is 0.256 e. The summed E-state index contributed by atoms with van der Waals surface area (Å²) >= 11 is 0. The van der Waals surface area contributed by atoms with Crippen molar-refractivity contribution in [2.75, 3.05) is 5.32 Å². The number of rotatable bonds is 4. The number of carbonyl (C=O) groups excluding carboxylic acids is 1. The van der Waals surface area contributed by atoms with E-state index in [1.165, 1.54) is 5.56 Å². The van der Waals surface area contributed by atoms with Crippen LogP contribution in [0.25, 0.3) is 16.7 Å². The molecule has 0 unspecified atom stereocenters. The molecular formula is C23H22N4O. The van der Waals surface area contributed by atoms with Crippen LogP contribution in [0.2, 0.25) is 0 Å². The van der Waals surface area contributed by atoms with Crippen LogP contribution in [0.5, 0.6) is 0 Å². The Kier molecular flexibility index (Phi) is 4.65. The first-order valence-electron chi connectivity index (χ1n) is 9.39. The molecule has 2 heterocycles. The highest BCUT2D eigenvalue weighted by Gasteiger charge is 2.19. The van der Waals surface area contributed by atoms with Gasteiger partial charge in [0, 0.05) is 11.4 Å². The number of hydrogen-bond donors (Lipinski definition) is 1. The minimum atomic E-state index is -0.153. The van der Waals surface area contributed by atoms with Crippen molar-refractivity contribution >= 4 is 22.6 Å². The summed E-state index contributed by atoms with van der Waals surface area (Å²) in [4.78, 5) is 17.8. The standard InChI is InChI=1S/C23H22N4O/c1-4-17-9-8-10-18(14-17)25-23(28)20-13-15(2)24-22-21(20)16(3)26-27(22)19-11-6-5-7-12-19/h5-14H,4H2,1-3H3,(H,25,28). The molecule has 0 aliphatic rings. The Morgan fingerprint density at radius 1 is 1.04 bits per heavy atom. The summed E-state index contributed by atoms with van der Waals surface area (Å²) in [5.41, 5.74) is 5.72. The lowest BCUT2D eigenvalue weighted by Gasteiger charge is -2.09. The summed E-state index contributed by atoms with van der Waals surface area (Å²) in [5, 5.41) is 8.45. The summed E-state index contributed by atoms with van der Waals surface area (Å²) < 4.78 is 1.80. The molecule has 140 valence electrons. The average molecular weight is 370 g/mol. The molecule has 5 heteroatoms. The number of hydrogen-bond acceptors (Lipinski definition) is 3. The minimum Gasteiger partial charge on any atom is -0.322 e. The number of amides is 1. The first kappa shape index (κ1) is 17.9. The van der Waals surface area contributed by atoms with Gasteiger partial charge in [0.15, 0.2) is 5.65 Å². The number of benzene rings is 2. The second kappa shape index (κ2) is 7.27. The van der Waals surface area contributed by atoms with Gasteiger partial charge in [-0.3, -0.25) is 4.79 Å². The van der Waals surface area contributed by atoms with Gasteiger partial charge in [-0.15, -0.1) is 0 Å². The fraction of sp³-hybridized carbons (Fsp3) is 0.174. The number of pyridine rings is 1. The number of nitrogens with zero attached hydrogens (tertiary/aromatic N) is 3. The third kappa shape index (κ3) is 3.27. The Morgan fingerprint density at radius 3 is 2.57 bits per heavy atom. The molecule has 4 rings (SSSR count). The summed E-state index contributed by atoms with van der Waals surface area (Å²) in [6.45, 7) is 5.90. The van der Waals surface area contributed by atoms with Crippen LogP contribution in [0.3, 0.4) is 0 Å². The number of para-hydroxylation sites is 1. The van der Waals surface area contributed by atoms with Crippen LogP contribution >= 0.6 is 0 Å². The third-order valence-electron chi connectivity index (χ3n) is 4.78. The van der Waals surface area contributed by atoms with Gasteiger partial charge in [-0.25, -0.2) is 9.67 Å². The first-order valence-corrected chi connectivity index (χ1v) is 9.39. The number of anilines is 1. The van der Waals surface area contributed by atoms with Crippen molar-refractivity contribution < 1.29 is 4.79 Å². The molecule has 0 spiro atoms. The number of fused-ring (bicyclic) bond motifs is 1. The topological polar surface area (TPSA) is 59.8 Å². The molecule has 0 aliphatic heterocycles. The van der Waals surface area contributed by atoms with Gasteiger partial charge in [0.2, 0.25) is 0 Å². The van der Waals surface area contributed by atoms with Crippen LogP contribution in [0, 0.1) is 13.8 Å². The zero-order chi connectivity index (χ0) is 19.7. The van der Waals surface area contributed by atoms with E-state index in [0.717, 1.165) is 34.6 Å². The fourth-order valence-corrected chi connectivity index (χ4v) is 3.41. The van der Waals surface area contributed by atoms with Crippen molar-refractivity contribution in [2.45, 2.75) is 27.2 Å². The quantitative estimate of drug-likeness (QED) is 0.558. The van der Waals surface area contributed by atoms with Crippen molar-refractivity contribution in [3.05, 3.63) is 83.2 Å². The Labute approximate surface area is 164 Å². The van der Waals surface area contributed by atoms with Crippen LogP contribution in [0.4, 0.5) is 5.69 Å². The highest BCUT2D eigenvalue weighted by Crippen LogP contribution is 2.25. The average Bonchev–Trinajstić information content (AvgIpc) is 3.04. The molecule has 0 bridgehead atoms. The lowest BCUT2D eigenvalue weighted by Crippen LogP contribution is -2.13. The summed E-state index contributed by atoms with van der Waals surface area (Å²) in [5.74, 6) is -0.153. The SMILES string of the molecule is CCc1cccc(NC(=O)c2cc(C)nc3c2c(C)nn3-c2ccccc2)c1. The van der Waals surface area contributed by atoms with Crippen molar-refractivity contribution in [1.29, 1.82) is 0 Å². The van der Waals surface area contributed by atoms with Gasteiger partial charge in [0.05, 0.1) is 22.3 Å². The molecule has 4 aromatic rings. The van der Waals surface area contributed by atoms with Crippen LogP contribution in [-0.2, 0) is 6.42 Å². The second-order valence-corrected chi connectivity index (χ2v) is 6.85. The molecule has 0 fully saturated rings. The van der Waals surface area contributed by atoms with Crippen LogP contribution in [-0.4, -0.2) is 20.7 Å². The Balaban J connectivity index is 1.81. The highest BCUT2D eigenvalue weighted by molar-refractivity contribution is 6.12. The Hall–Kier alpha value is -3.47. The van der Waals surface area contributed by atoms with E-state index in [4.69, 9.17) is 0 Å². The summed E-state index contributed by atoms with van der Waals surface area (Å²) in [7, 11) is 0. The molecule has 2 aromatic heterocycles. The second-order valence-electron chi connectivity index (χ2n) is 6.85. The van der Waals surface area contributed by atoms with E-state index < -0.39 is 0 Å². The van der Waals surface area contributed by atoms with E-state index >= 15 is 0 Å². The number of carbonyl (C=O) groups is 1. The maximum atomic E-state index is 13.1.